The van der Waals surface area contributed by atoms with E-state index in [1.807, 2.05) is 27.0 Å². The summed E-state index contributed by atoms with van der Waals surface area (Å²) in [7, 11) is 0. The summed E-state index contributed by atoms with van der Waals surface area (Å²) in [4.78, 5) is 15.9. The Morgan fingerprint density at radius 1 is 1.56 bits per heavy atom. The van der Waals surface area contributed by atoms with E-state index in [0.29, 0.717) is 0 Å². The van der Waals surface area contributed by atoms with E-state index in [9.17, 15) is 4.79 Å². The highest BCUT2D eigenvalue weighted by atomic mass is 16.2. The SMILES string of the molecule is CC(C)(C)NC(=O)N[C@@H]1CCn2ccnc21. The van der Waals surface area contributed by atoms with Crippen molar-refractivity contribution in [3.8, 4) is 0 Å². The lowest BCUT2D eigenvalue weighted by atomic mass is 10.1. The minimum absolute atomic E-state index is 0.0392. The monoisotopic (exact) mass is 222 g/mol. The zero-order valence-corrected chi connectivity index (χ0v) is 9.95. The second-order valence-corrected chi connectivity index (χ2v) is 5.17. The molecule has 0 spiro atoms. The normalized spacial score (nSPS) is 19.3. The second kappa shape index (κ2) is 3.81. The van der Waals surface area contributed by atoms with Crippen LogP contribution in [0.3, 0.4) is 0 Å². The lowest BCUT2D eigenvalue weighted by Gasteiger charge is -2.22. The lowest BCUT2D eigenvalue weighted by Crippen LogP contribution is -2.47. The fourth-order valence-electron chi connectivity index (χ4n) is 1.89. The third-order valence-corrected chi connectivity index (χ3v) is 2.51. The molecule has 1 aliphatic heterocycles. The third kappa shape index (κ3) is 2.35. The number of imidazole rings is 1. The van der Waals surface area contributed by atoms with E-state index in [1.54, 1.807) is 6.20 Å². The molecule has 88 valence electrons. The van der Waals surface area contributed by atoms with Crippen LogP contribution in [-0.2, 0) is 6.54 Å². The Morgan fingerprint density at radius 2 is 2.31 bits per heavy atom. The molecule has 0 bridgehead atoms. The Bertz CT molecular complexity index is 391. The van der Waals surface area contributed by atoms with Gasteiger partial charge in [-0.15, -0.1) is 0 Å². The van der Waals surface area contributed by atoms with Gasteiger partial charge < -0.3 is 15.2 Å². The van der Waals surface area contributed by atoms with Crippen molar-refractivity contribution < 1.29 is 4.79 Å². The first-order valence-electron chi connectivity index (χ1n) is 5.55. The van der Waals surface area contributed by atoms with Crippen LogP contribution in [0.4, 0.5) is 4.79 Å². The molecule has 5 nitrogen and oxygen atoms in total. The van der Waals surface area contributed by atoms with Gasteiger partial charge in [-0.05, 0) is 27.2 Å². The fourth-order valence-corrected chi connectivity index (χ4v) is 1.89. The maximum absolute atomic E-state index is 11.7. The quantitative estimate of drug-likeness (QED) is 0.755. The molecular weight excluding hydrogens is 204 g/mol. The highest BCUT2D eigenvalue weighted by molar-refractivity contribution is 5.75. The number of urea groups is 1. The Hall–Kier alpha value is -1.52. The molecule has 5 heteroatoms. The molecule has 2 N–H and O–H groups in total. The number of nitrogens with one attached hydrogen (secondary N) is 2. The standard InChI is InChI=1S/C11H18N4O/c1-11(2,3)14-10(16)13-8-4-6-15-7-5-12-9(8)15/h5,7-8H,4,6H2,1-3H3,(H2,13,14,16)/t8-/m1/s1. The third-order valence-electron chi connectivity index (χ3n) is 2.51. The lowest BCUT2D eigenvalue weighted by molar-refractivity contribution is 0.228. The number of aryl methyl sites for hydroxylation is 1. The summed E-state index contributed by atoms with van der Waals surface area (Å²) < 4.78 is 2.07. The van der Waals surface area contributed by atoms with Crippen molar-refractivity contribution >= 4 is 6.03 Å². The van der Waals surface area contributed by atoms with E-state index in [4.69, 9.17) is 0 Å². The van der Waals surface area contributed by atoms with E-state index in [-0.39, 0.29) is 17.6 Å². The van der Waals surface area contributed by atoms with Gasteiger partial charge in [-0.2, -0.15) is 0 Å². The van der Waals surface area contributed by atoms with Gasteiger partial charge in [-0.1, -0.05) is 0 Å². The maximum atomic E-state index is 11.7. The molecule has 0 aliphatic carbocycles. The zero-order chi connectivity index (χ0) is 11.8. The summed E-state index contributed by atoms with van der Waals surface area (Å²) in [6.07, 6.45) is 4.63. The van der Waals surface area contributed by atoms with Crippen molar-refractivity contribution in [2.24, 2.45) is 0 Å². The number of hydrogen-bond acceptors (Lipinski definition) is 2. The summed E-state index contributed by atoms with van der Waals surface area (Å²) in [6, 6.07) is -0.0914. The molecular formula is C11H18N4O. The molecule has 0 saturated heterocycles. The van der Waals surface area contributed by atoms with Crippen molar-refractivity contribution in [2.75, 3.05) is 0 Å². The van der Waals surface area contributed by atoms with Crippen LogP contribution in [0.1, 0.15) is 39.1 Å². The number of amides is 2. The molecule has 0 unspecified atom stereocenters. The molecule has 2 heterocycles. The number of carbonyl (C=O) groups excluding carboxylic acids is 1. The van der Waals surface area contributed by atoms with Crippen LogP contribution in [0, 0.1) is 0 Å². The largest absolute Gasteiger partial charge is 0.334 e. The van der Waals surface area contributed by atoms with Gasteiger partial charge >= 0.3 is 6.03 Å². The molecule has 1 aliphatic rings. The number of rotatable bonds is 1. The summed E-state index contributed by atoms with van der Waals surface area (Å²) in [5.41, 5.74) is -0.210. The molecule has 0 fully saturated rings. The van der Waals surface area contributed by atoms with Crippen LogP contribution in [0.5, 0.6) is 0 Å². The topological polar surface area (TPSA) is 59.0 Å². The van der Waals surface area contributed by atoms with Gasteiger partial charge in [0.25, 0.3) is 0 Å². The molecule has 0 saturated carbocycles. The molecule has 1 aromatic rings. The minimum Gasteiger partial charge on any atom is -0.334 e. The van der Waals surface area contributed by atoms with E-state index < -0.39 is 0 Å². The van der Waals surface area contributed by atoms with Crippen molar-refractivity contribution in [1.29, 1.82) is 0 Å². The summed E-state index contributed by atoms with van der Waals surface area (Å²) in [5.74, 6) is 0.948. The molecule has 2 rings (SSSR count). The predicted molar refractivity (Wildman–Crippen MR) is 61.0 cm³/mol. The summed E-state index contributed by atoms with van der Waals surface area (Å²) >= 11 is 0. The Morgan fingerprint density at radius 3 is 3.00 bits per heavy atom. The maximum Gasteiger partial charge on any atom is 0.315 e. The van der Waals surface area contributed by atoms with E-state index in [2.05, 4.69) is 20.2 Å². The van der Waals surface area contributed by atoms with Crippen LogP contribution in [0.15, 0.2) is 12.4 Å². The van der Waals surface area contributed by atoms with Crippen molar-refractivity contribution in [2.45, 2.75) is 45.3 Å². The van der Waals surface area contributed by atoms with Crippen molar-refractivity contribution in [1.82, 2.24) is 20.2 Å². The zero-order valence-electron chi connectivity index (χ0n) is 9.95. The number of hydrogen-bond donors (Lipinski definition) is 2. The second-order valence-electron chi connectivity index (χ2n) is 5.17. The first-order chi connectivity index (χ1) is 7.46. The van der Waals surface area contributed by atoms with Crippen molar-refractivity contribution in [3.05, 3.63) is 18.2 Å². The summed E-state index contributed by atoms with van der Waals surface area (Å²) in [6.45, 7) is 6.81. The first kappa shape index (κ1) is 11.0. The number of nitrogens with zero attached hydrogens (tertiary/aromatic N) is 2. The van der Waals surface area contributed by atoms with E-state index in [0.717, 1.165) is 18.8 Å². The van der Waals surface area contributed by atoms with Crippen LogP contribution in [0.2, 0.25) is 0 Å². The van der Waals surface area contributed by atoms with Crippen LogP contribution in [0.25, 0.3) is 0 Å². The van der Waals surface area contributed by atoms with E-state index >= 15 is 0 Å². The number of fused-ring (bicyclic) bond motifs is 1. The van der Waals surface area contributed by atoms with Gasteiger partial charge in [0.05, 0.1) is 6.04 Å². The molecule has 1 atom stereocenters. The Labute approximate surface area is 95.2 Å². The average molecular weight is 222 g/mol. The van der Waals surface area contributed by atoms with Gasteiger partial charge in [0.2, 0.25) is 0 Å². The predicted octanol–water partition coefficient (Wildman–Crippen LogP) is 1.43. The molecule has 16 heavy (non-hydrogen) atoms. The molecule has 0 aromatic carbocycles. The van der Waals surface area contributed by atoms with Crippen molar-refractivity contribution in [3.63, 3.8) is 0 Å². The van der Waals surface area contributed by atoms with Gasteiger partial charge in [0.1, 0.15) is 5.82 Å². The van der Waals surface area contributed by atoms with Gasteiger partial charge in [-0.3, -0.25) is 0 Å². The fraction of sp³-hybridized carbons (Fsp3) is 0.636. The Balaban J connectivity index is 1.95. The number of aromatic nitrogens is 2. The smallest absolute Gasteiger partial charge is 0.315 e. The molecule has 1 aromatic heterocycles. The van der Waals surface area contributed by atoms with Crippen LogP contribution in [-0.4, -0.2) is 21.1 Å². The van der Waals surface area contributed by atoms with Crippen LogP contribution < -0.4 is 10.6 Å². The van der Waals surface area contributed by atoms with Gasteiger partial charge in [-0.25, -0.2) is 9.78 Å². The van der Waals surface area contributed by atoms with Crippen LogP contribution >= 0.6 is 0 Å². The van der Waals surface area contributed by atoms with Gasteiger partial charge in [0, 0.05) is 24.5 Å². The summed E-state index contributed by atoms with van der Waals surface area (Å²) in [5, 5.41) is 5.83. The van der Waals surface area contributed by atoms with E-state index in [1.165, 1.54) is 0 Å². The van der Waals surface area contributed by atoms with Gasteiger partial charge in [0.15, 0.2) is 0 Å². The average Bonchev–Trinajstić information content (AvgIpc) is 2.66. The first-order valence-corrected chi connectivity index (χ1v) is 5.55. The molecule has 2 amide bonds. The highest BCUT2D eigenvalue weighted by Crippen LogP contribution is 2.23. The highest BCUT2D eigenvalue weighted by Gasteiger charge is 2.25. The number of carbonyl (C=O) groups is 1. The minimum atomic E-state index is -0.210. The molecule has 0 radical (unpaired) electrons. The Kier molecular flexibility index (Phi) is 2.61.